The van der Waals surface area contributed by atoms with Crippen LogP contribution in [0.2, 0.25) is 0 Å². The summed E-state index contributed by atoms with van der Waals surface area (Å²) in [7, 11) is -4.20. The van der Waals surface area contributed by atoms with Crippen LogP contribution in [0.1, 0.15) is 23.3 Å². The number of rotatable bonds is 5. The number of piperidine rings is 1. The van der Waals surface area contributed by atoms with Crippen LogP contribution in [0.4, 0.5) is 4.39 Å². The van der Waals surface area contributed by atoms with Crippen LogP contribution in [0.25, 0.3) is 0 Å². The number of halogens is 1. The van der Waals surface area contributed by atoms with Crippen LogP contribution in [0.5, 0.6) is 0 Å². The lowest BCUT2D eigenvalue weighted by atomic mass is 10.1. The first-order valence-electron chi connectivity index (χ1n) is 10.7. The summed E-state index contributed by atoms with van der Waals surface area (Å²) in [6.07, 6.45) is 5.13. The molecule has 2 aliphatic heterocycles. The molecule has 0 radical (unpaired) electrons. The third-order valence-corrected chi connectivity index (χ3v) is 7.65. The van der Waals surface area contributed by atoms with E-state index in [-0.39, 0.29) is 36.1 Å². The van der Waals surface area contributed by atoms with Gasteiger partial charge in [0.1, 0.15) is 23.6 Å². The van der Waals surface area contributed by atoms with Crippen LogP contribution in [-0.4, -0.2) is 83.6 Å². The summed E-state index contributed by atoms with van der Waals surface area (Å²) in [4.78, 5) is 47.2. The summed E-state index contributed by atoms with van der Waals surface area (Å²) in [6.45, 7) is 0.0697. The Bertz CT molecular complexity index is 1180. The topological polar surface area (TPSA) is 142 Å². The van der Waals surface area contributed by atoms with Crippen LogP contribution >= 0.6 is 0 Å². The standard InChI is InChI=1S/C21H23FN6O5S/c22-14-3-5-15(6-4-14)34(32,33)28-11-10-27(21(31)17-12-23-8-9-24-17)13-18(28)20(30)26-16-2-1-7-25-19(16)29/h3-6,8-9,12,16,18H,1-2,7,10-11,13H2,(H,25,29)(H,26,30)/t16-,18+/m0/s1. The molecule has 0 unspecified atom stereocenters. The van der Waals surface area contributed by atoms with Gasteiger partial charge in [0.15, 0.2) is 0 Å². The summed E-state index contributed by atoms with van der Waals surface area (Å²) in [6, 6.07) is 2.16. The SMILES string of the molecule is O=C1NCCC[C@@H]1NC(=O)[C@H]1CN(C(=O)c2cnccn2)CCN1S(=O)(=O)c1ccc(F)cc1. The third kappa shape index (κ3) is 4.89. The maximum atomic E-state index is 13.4. The van der Waals surface area contributed by atoms with Crippen LogP contribution in [0.15, 0.2) is 47.8 Å². The number of aromatic nitrogens is 2. The van der Waals surface area contributed by atoms with Crippen molar-refractivity contribution < 1.29 is 27.2 Å². The van der Waals surface area contributed by atoms with Gasteiger partial charge in [0.05, 0.1) is 11.1 Å². The van der Waals surface area contributed by atoms with Gasteiger partial charge < -0.3 is 15.5 Å². The Morgan fingerprint density at radius 3 is 2.59 bits per heavy atom. The Morgan fingerprint density at radius 1 is 1.15 bits per heavy atom. The molecule has 3 heterocycles. The van der Waals surface area contributed by atoms with Gasteiger partial charge in [0, 0.05) is 38.6 Å². The Balaban J connectivity index is 1.62. The quantitative estimate of drug-likeness (QED) is 0.577. The van der Waals surface area contributed by atoms with E-state index in [2.05, 4.69) is 20.6 Å². The molecule has 2 atom stereocenters. The first kappa shape index (κ1) is 23.7. The molecule has 2 aliphatic rings. The number of sulfonamides is 1. The number of nitrogens with one attached hydrogen (secondary N) is 2. The average Bonchev–Trinajstić information content (AvgIpc) is 2.85. The highest BCUT2D eigenvalue weighted by Crippen LogP contribution is 2.23. The normalized spacial score (nSPS) is 21.6. The number of benzene rings is 1. The van der Waals surface area contributed by atoms with E-state index in [4.69, 9.17) is 0 Å². The monoisotopic (exact) mass is 490 g/mol. The number of nitrogens with zero attached hydrogens (tertiary/aromatic N) is 4. The number of carbonyl (C=O) groups excluding carboxylic acids is 3. The van der Waals surface area contributed by atoms with Gasteiger partial charge in [-0.25, -0.2) is 17.8 Å². The summed E-state index contributed by atoms with van der Waals surface area (Å²) >= 11 is 0. The largest absolute Gasteiger partial charge is 0.354 e. The minimum absolute atomic E-state index is 0.00350. The minimum Gasteiger partial charge on any atom is -0.354 e. The molecule has 0 spiro atoms. The van der Waals surface area contributed by atoms with Gasteiger partial charge in [-0.3, -0.25) is 19.4 Å². The van der Waals surface area contributed by atoms with Gasteiger partial charge in [-0.1, -0.05) is 0 Å². The van der Waals surface area contributed by atoms with Crippen LogP contribution in [-0.2, 0) is 19.6 Å². The van der Waals surface area contributed by atoms with Gasteiger partial charge in [0.2, 0.25) is 21.8 Å². The van der Waals surface area contributed by atoms with Crippen molar-refractivity contribution in [2.24, 2.45) is 0 Å². The molecule has 13 heteroatoms. The fourth-order valence-corrected chi connectivity index (χ4v) is 5.51. The Morgan fingerprint density at radius 2 is 1.91 bits per heavy atom. The van der Waals surface area contributed by atoms with Crippen LogP contribution in [0, 0.1) is 5.82 Å². The molecule has 2 aromatic rings. The van der Waals surface area contributed by atoms with Crippen molar-refractivity contribution in [1.29, 1.82) is 0 Å². The first-order valence-corrected chi connectivity index (χ1v) is 12.1. The van der Waals surface area contributed by atoms with E-state index in [0.717, 1.165) is 28.6 Å². The van der Waals surface area contributed by atoms with E-state index in [0.29, 0.717) is 19.4 Å². The van der Waals surface area contributed by atoms with Crippen molar-refractivity contribution in [1.82, 2.24) is 29.8 Å². The molecule has 3 amide bonds. The fraction of sp³-hybridized carbons (Fsp3) is 0.381. The smallest absolute Gasteiger partial charge is 0.274 e. The van der Waals surface area contributed by atoms with E-state index in [9.17, 15) is 27.2 Å². The zero-order chi connectivity index (χ0) is 24.3. The molecule has 11 nitrogen and oxygen atoms in total. The summed E-state index contributed by atoms with van der Waals surface area (Å²) in [5.74, 6) is -2.16. The van der Waals surface area contributed by atoms with Crippen molar-refractivity contribution in [2.75, 3.05) is 26.2 Å². The van der Waals surface area contributed by atoms with E-state index >= 15 is 0 Å². The van der Waals surface area contributed by atoms with Crippen LogP contribution in [0.3, 0.4) is 0 Å². The second-order valence-electron chi connectivity index (χ2n) is 7.92. The van der Waals surface area contributed by atoms with Crippen molar-refractivity contribution in [2.45, 2.75) is 29.8 Å². The third-order valence-electron chi connectivity index (χ3n) is 5.73. The van der Waals surface area contributed by atoms with Crippen molar-refractivity contribution >= 4 is 27.7 Å². The zero-order valence-electron chi connectivity index (χ0n) is 18.1. The highest BCUT2D eigenvalue weighted by Gasteiger charge is 2.42. The molecule has 180 valence electrons. The number of piperazine rings is 1. The van der Waals surface area contributed by atoms with E-state index in [1.54, 1.807) is 0 Å². The predicted molar refractivity (Wildman–Crippen MR) is 116 cm³/mol. The second-order valence-corrected chi connectivity index (χ2v) is 9.81. The molecule has 4 rings (SSSR count). The zero-order valence-corrected chi connectivity index (χ0v) is 18.9. The molecule has 1 aromatic heterocycles. The summed E-state index contributed by atoms with van der Waals surface area (Å²) in [5, 5.41) is 5.28. The lowest BCUT2D eigenvalue weighted by molar-refractivity contribution is -0.132. The van der Waals surface area contributed by atoms with Crippen molar-refractivity contribution in [3.63, 3.8) is 0 Å². The maximum Gasteiger partial charge on any atom is 0.274 e. The lowest BCUT2D eigenvalue weighted by Gasteiger charge is -2.40. The van der Waals surface area contributed by atoms with E-state index in [1.807, 2.05) is 0 Å². The Hall–Kier alpha value is -3.45. The van der Waals surface area contributed by atoms with Crippen molar-refractivity contribution in [3.05, 3.63) is 54.4 Å². The summed E-state index contributed by atoms with van der Waals surface area (Å²) in [5.41, 5.74) is 0.0585. The first-order chi connectivity index (χ1) is 16.3. The van der Waals surface area contributed by atoms with Gasteiger partial charge in [-0.15, -0.1) is 0 Å². The van der Waals surface area contributed by atoms with Crippen molar-refractivity contribution in [3.8, 4) is 0 Å². The average molecular weight is 491 g/mol. The number of carbonyl (C=O) groups is 3. The Labute approximate surface area is 195 Å². The number of hydrogen-bond donors (Lipinski definition) is 2. The minimum atomic E-state index is -4.20. The highest BCUT2D eigenvalue weighted by atomic mass is 32.2. The molecule has 2 N–H and O–H groups in total. The van der Waals surface area contributed by atoms with Gasteiger partial charge in [-0.05, 0) is 37.1 Å². The van der Waals surface area contributed by atoms with Gasteiger partial charge in [0.25, 0.3) is 5.91 Å². The molecule has 0 bridgehead atoms. The number of hydrogen-bond acceptors (Lipinski definition) is 7. The van der Waals surface area contributed by atoms with Gasteiger partial charge >= 0.3 is 0 Å². The maximum absolute atomic E-state index is 13.4. The predicted octanol–water partition coefficient (Wildman–Crippen LogP) is -0.474. The lowest BCUT2D eigenvalue weighted by Crippen LogP contribution is -2.63. The molecular weight excluding hydrogens is 467 g/mol. The fourth-order valence-electron chi connectivity index (χ4n) is 3.94. The molecular formula is C21H23FN6O5S. The Kier molecular flexibility index (Phi) is 6.84. The number of amides is 3. The molecule has 34 heavy (non-hydrogen) atoms. The highest BCUT2D eigenvalue weighted by molar-refractivity contribution is 7.89. The van der Waals surface area contributed by atoms with E-state index < -0.39 is 39.7 Å². The van der Waals surface area contributed by atoms with E-state index in [1.165, 1.54) is 23.5 Å². The van der Waals surface area contributed by atoms with Gasteiger partial charge in [-0.2, -0.15) is 4.31 Å². The van der Waals surface area contributed by atoms with Crippen LogP contribution < -0.4 is 10.6 Å². The molecule has 2 fully saturated rings. The summed E-state index contributed by atoms with van der Waals surface area (Å²) < 4.78 is 41.0. The second kappa shape index (κ2) is 9.81. The molecule has 2 saturated heterocycles. The molecule has 0 saturated carbocycles. The molecule has 1 aromatic carbocycles. The molecule has 0 aliphatic carbocycles.